The van der Waals surface area contributed by atoms with Crippen LogP contribution in [0.15, 0.2) is 24.3 Å². The number of benzene rings is 1. The first-order valence-electron chi connectivity index (χ1n) is 8.41. The van der Waals surface area contributed by atoms with Crippen LogP contribution in [0.3, 0.4) is 0 Å². The topological polar surface area (TPSA) is 85.9 Å². The van der Waals surface area contributed by atoms with E-state index in [2.05, 4.69) is 10.6 Å². The summed E-state index contributed by atoms with van der Waals surface area (Å²) >= 11 is 5.19. The predicted octanol–water partition coefficient (Wildman–Crippen LogP) is 2.95. The maximum absolute atomic E-state index is 11.8. The van der Waals surface area contributed by atoms with Crippen molar-refractivity contribution in [1.82, 2.24) is 10.6 Å². The van der Waals surface area contributed by atoms with E-state index in [4.69, 9.17) is 26.4 Å². The Morgan fingerprint density at radius 1 is 1.27 bits per heavy atom. The van der Waals surface area contributed by atoms with Gasteiger partial charge in [-0.25, -0.2) is 9.59 Å². The number of carbonyl (C=O) groups excluding carboxylic acids is 2. The van der Waals surface area contributed by atoms with Gasteiger partial charge in [-0.2, -0.15) is 0 Å². The Kier molecular flexibility index (Phi) is 9.61. The number of amides is 1. The third-order valence-corrected chi connectivity index (χ3v) is 3.55. The van der Waals surface area contributed by atoms with Gasteiger partial charge in [0.15, 0.2) is 5.11 Å². The first kappa shape index (κ1) is 21.9. The van der Waals surface area contributed by atoms with Crippen molar-refractivity contribution in [2.75, 3.05) is 20.3 Å². The van der Waals surface area contributed by atoms with Crippen molar-refractivity contribution < 1.29 is 23.8 Å². The Morgan fingerprint density at radius 2 is 2.00 bits per heavy atom. The normalized spacial score (nSPS) is 11.6. The minimum Gasteiger partial charge on any atom is -0.465 e. The maximum Gasteiger partial charge on any atom is 0.413 e. The van der Waals surface area contributed by atoms with E-state index in [1.165, 1.54) is 7.11 Å². The molecule has 0 bridgehead atoms. The van der Waals surface area contributed by atoms with E-state index in [1.807, 2.05) is 13.0 Å². The summed E-state index contributed by atoms with van der Waals surface area (Å²) in [6.45, 7) is 6.50. The van der Waals surface area contributed by atoms with Gasteiger partial charge in [0.2, 0.25) is 0 Å². The van der Waals surface area contributed by atoms with Crippen molar-refractivity contribution in [3.8, 4) is 0 Å². The van der Waals surface area contributed by atoms with Crippen LogP contribution in [0, 0.1) is 0 Å². The van der Waals surface area contributed by atoms with Crippen LogP contribution in [-0.4, -0.2) is 43.6 Å². The van der Waals surface area contributed by atoms with E-state index in [0.29, 0.717) is 25.2 Å². The zero-order valence-electron chi connectivity index (χ0n) is 15.5. The monoisotopic (exact) mass is 382 g/mol. The Labute approximate surface area is 159 Å². The number of nitrogens with one attached hydrogen (secondary N) is 2. The molecule has 2 N–H and O–H groups in total. The van der Waals surface area contributed by atoms with Gasteiger partial charge < -0.3 is 19.5 Å². The van der Waals surface area contributed by atoms with E-state index in [0.717, 1.165) is 5.56 Å². The van der Waals surface area contributed by atoms with Crippen molar-refractivity contribution >= 4 is 29.4 Å². The average Bonchev–Trinajstić information content (AvgIpc) is 2.59. The Morgan fingerprint density at radius 3 is 2.62 bits per heavy atom. The third kappa shape index (κ3) is 7.79. The summed E-state index contributed by atoms with van der Waals surface area (Å²) in [7, 11) is 1.33. The first-order valence-corrected chi connectivity index (χ1v) is 8.82. The van der Waals surface area contributed by atoms with Gasteiger partial charge in [0.1, 0.15) is 0 Å². The van der Waals surface area contributed by atoms with E-state index in [9.17, 15) is 9.59 Å². The molecule has 0 saturated heterocycles. The zero-order valence-corrected chi connectivity index (χ0v) is 16.4. The molecule has 1 rings (SSSR count). The van der Waals surface area contributed by atoms with E-state index >= 15 is 0 Å². The van der Waals surface area contributed by atoms with Gasteiger partial charge in [-0.15, -0.1) is 0 Å². The summed E-state index contributed by atoms with van der Waals surface area (Å²) in [5.41, 5.74) is 1.26. The number of carbonyl (C=O) groups is 2. The molecule has 0 heterocycles. The standard InChI is InChI=1S/C18H26N2O5S/c1-5-24-10-9-15(19-17(26)20-18(22)25-12(2)3)13-7-6-8-14(11-13)16(21)23-4/h6-8,11-12,15H,5,9-10H2,1-4H3,(H2,19,20,22,26)/t15-/m1/s1. The molecule has 1 aromatic carbocycles. The Balaban J connectivity index is 2.86. The van der Waals surface area contributed by atoms with Crippen LogP contribution in [0.2, 0.25) is 0 Å². The van der Waals surface area contributed by atoms with Crippen LogP contribution in [0.25, 0.3) is 0 Å². The van der Waals surface area contributed by atoms with Crippen LogP contribution in [0.5, 0.6) is 0 Å². The number of esters is 1. The molecule has 1 atom stereocenters. The highest BCUT2D eigenvalue weighted by Crippen LogP contribution is 2.19. The fourth-order valence-corrected chi connectivity index (χ4v) is 2.42. The molecule has 0 aromatic heterocycles. The maximum atomic E-state index is 11.8. The molecule has 0 aliphatic heterocycles. The van der Waals surface area contributed by atoms with E-state index in [-0.39, 0.29) is 17.3 Å². The van der Waals surface area contributed by atoms with Crippen molar-refractivity contribution in [2.45, 2.75) is 39.3 Å². The summed E-state index contributed by atoms with van der Waals surface area (Å²) in [5, 5.41) is 5.68. The quantitative estimate of drug-likeness (QED) is 0.406. The second-order valence-electron chi connectivity index (χ2n) is 5.71. The minimum absolute atomic E-state index is 0.139. The fraction of sp³-hybridized carbons (Fsp3) is 0.500. The number of hydrogen-bond donors (Lipinski definition) is 2. The highest BCUT2D eigenvalue weighted by Gasteiger charge is 2.17. The fourth-order valence-electron chi connectivity index (χ4n) is 2.20. The van der Waals surface area contributed by atoms with Crippen LogP contribution in [0.1, 0.15) is 49.2 Å². The van der Waals surface area contributed by atoms with Gasteiger partial charge >= 0.3 is 12.1 Å². The van der Waals surface area contributed by atoms with Gasteiger partial charge in [0.25, 0.3) is 0 Å². The second kappa shape index (κ2) is 11.4. The van der Waals surface area contributed by atoms with Crippen LogP contribution in [-0.2, 0) is 14.2 Å². The van der Waals surface area contributed by atoms with E-state index < -0.39 is 12.1 Å². The molecule has 0 spiro atoms. The lowest BCUT2D eigenvalue weighted by Gasteiger charge is -2.21. The Hall–Kier alpha value is -2.19. The molecule has 0 unspecified atom stereocenters. The average molecular weight is 382 g/mol. The molecule has 0 saturated carbocycles. The van der Waals surface area contributed by atoms with Gasteiger partial charge in [0.05, 0.1) is 24.8 Å². The lowest BCUT2D eigenvalue weighted by Crippen LogP contribution is -2.42. The Bertz CT molecular complexity index is 621. The van der Waals surface area contributed by atoms with Crippen molar-refractivity contribution in [2.24, 2.45) is 0 Å². The molecule has 7 nitrogen and oxygen atoms in total. The number of alkyl carbamates (subject to hydrolysis) is 1. The summed E-state index contributed by atoms with van der Waals surface area (Å²) in [6, 6.07) is 6.78. The summed E-state index contributed by atoms with van der Waals surface area (Å²) in [5.74, 6) is -0.420. The molecule has 1 aromatic rings. The number of methoxy groups -OCH3 is 1. The van der Waals surface area contributed by atoms with Crippen molar-refractivity contribution in [1.29, 1.82) is 0 Å². The smallest absolute Gasteiger partial charge is 0.413 e. The molecular weight excluding hydrogens is 356 g/mol. The second-order valence-corrected chi connectivity index (χ2v) is 6.12. The van der Waals surface area contributed by atoms with Crippen LogP contribution >= 0.6 is 12.2 Å². The molecule has 1 amide bonds. The lowest BCUT2D eigenvalue weighted by atomic mass is 10.0. The van der Waals surface area contributed by atoms with Gasteiger partial charge in [-0.1, -0.05) is 12.1 Å². The largest absolute Gasteiger partial charge is 0.465 e. The molecule has 8 heteroatoms. The third-order valence-electron chi connectivity index (χ3n) is 3.33. The molecular formula is C18H26N2O5S. The molecule has 0 fully saturated rings. The predicted molar refractivity (Wildman–Crippen MR) is 102 cm³/mol. The summed E-state index contributed by atoms with van der Waals surface area (Å²) in [6.07, 6.45) is -0.271. The highest BCUT2D eigenvalue weighted by molar-refractivity contribution is 7.80. The molecule has 0 aliphatic rings. The SMILES string of the molecule is CCOCC[C@@H](NC(=S)NC(=O)OC(C)C)c1cccc(C(=O)OC)c1. The van der Waals surface area contributed by atoms with Crippen LogP contribution in [0.4, 0.5) is 4.79 Å². The number of rotatable bonds is 8. The number of hydrogen-bond acceptors (Lipinski definition) is 6. The van der Waals surface area contributed by atoms with Crippen molar-refractivity contribution in [3.05, 3.63) is 35.4 Å². The number of ether oxygens (including phenoxy) is 3. The number of thiocarbonyl (C=S) groups is 1. The lowest BCUT2D eigenvalue weighted by molar-refractivity contribution is 0.0600. The summed E-state index contributed by atoms with van der Waals surface area (Å²) < 4.78 is 15.2. The molecule has 26 heavy (non-hydrogen) atoms. The van der Waals surface area contributed by atoms with Crippen molar-refractivity contribution in [3.63, 3.8) is 0 Å². The first-order chi connectivity index (χ1) is 12.4. The van der Waals surface area contributed by atoms with Crippen LogP contribution < -0.4 is 10.6 Å². The van der Waals surface area contributed by atoms with Gasteiger partial charge in [0, 0.05) is 13.2 Å². The molecule has 0 radical (unpaired) electrons. The van der Waals surface area contributed by atoms with Gasteiger partial charge in [-0.05, 0) is 57.1 Å². The minimum atomic E-state index is -0.621. The zero-order chi connectivity index (χ0) is 19.5. The summed E-state index contributed by atoms with van der Waals surface area (Å²) in [4.78, 5) is 23.4. The molecule has 144 valence electrons. The molecule has 0 aliphatic carbocycles. The van der Waals surface area contributed by atoms with Gasteiger partial charge in [-0.3, -0.25) is 5.32 Å². The highest BCUT2D eigenvalue weighted by atomic mass is 32.1. The van der Waals surface area contributed by atoms with E-state index in [1.54, 1.807) is 32.0 Å².